The topological polar surface area (TPSA) is 40.5 Å². The molecule has 0 aromatic carbocycles. The fraction of sp³-hybridized carbons (Fsp3) is 0.583. The van der Waals surface area contributed by atoms with E-state index in [0.29, 0.717) is 6.54 Å². The minimum atomic E-state index is -0.493. The van der Waals surface area contributed by atoms with Crippen molar-refractivity contribution in [1.82, 2.24) is 4.90 Å². The third-order valence-corrected chi connectivity index (χ3v) is 3.28. The summed E-state index contributed by atoms with van der Waals surface area (Å²) in [4.78, 5) is 15.7. The van der Waals surface area contributed by atoms with Gasteiger partial charge in [-0.25, -0.2) is 0 Å². The van der Waals surface area contributed by atoms with Gasteiger partial charge in [-0.05, 0) is 39.8 Å². The van der Waals surface area contributed by atoms with Crippen LogP contribution in [0.2, 0.25) is 0 Å². The molecule has 0 fully saturated rings. The molecule has 0 bridgehead atoms. The van der Waals surface area contributed by atoms with Crippen LogP contribution in [-0.4, -0.2) is 34.6 Å². The molecular weight excluding hydrogens is 222 g/mol. The van der Waals surface area contributed by atoms with E-state index in [2.05, 4.69) is 0 Å². The largest absolute Gasteiger partial charge is 0.392 e. The van der Waals surface area contributed by atoms with Gasteiger partial charge in [0.15, 0.2) is 0 Å². The number of aliphatic hydroxyl groups is 1. The summed E-state index contributed by atoms with van der Waals surface area (Å²) in [7, 11) is 0. The quantitative estimate of drug-likeness (QED) is 0.878. The Balaban J connectivity index is 2.83. The monoisotopic (exact) mass is 241 g/mol. The Bertz CT molecular complexity index is 358. The van der Waals surface area contributed by atoms with Crippen molar-refractivity contribution in [2.75, 3.05) is 6.54 Å². The number of hydrogen-bond acceptors (Lipinski definition) is 3. The van der Waals surface area contributed by atoms with Crippen LogP contribution in [-0.2, 0) is 0 Å². The fourth-order valence-corrected chi connectivity index (χ4v) is 2.33. The second-order valence-electron chi connectivity index (χ2n) is 4.31. The van der Waals surface area contributed by atoms with Crippen LogP contribution in [0.15, 0.2) is 12.1 Å². The summed E-state index contributed by atoms with van der Waals surface area (Å²) in [5.41, 5.74) is 0. The highest BCUT2D eigenvalue weighted by Crippen LogP contribution is 2.18. The van der Waals surface area contributed by atoms with Gasteiger partial charge in [-0.2, -0.15) is 0 Å². The van der Waals surface area contributed by atoms with Crippen LogP contribution >= 0.6 is 11.3 Å². The summed E-state index contributed by atoms with van der Waals surface area (Å²) in [5, 5.41) is 9.38. The molecule has 16 heavy (non-hydrogen) atoms. The molecule has 0 spiro atoms. The molecule has 0 saturated heterocycles. The van der Waals surface area contributed by atoms with Crippen molar-refractivity contribution in [3.63, 3.8) is 0 Å². The average molecular weight is 241 g/mol. The average Bonchev–Trinajstić information content (AvgIpc) is 2.59. The molecule has 1 unspecified atom stereocenters. The zero-order valence-electron chi connectivity index (χ0n) is 10.2. The van der Waals surface area contributed by atoms with Crippen molar-refractivity contribution >= 4 is 17.2 Å². The van der Waals surface area contributed by atoms with E-state index in [9.17, 15) is 9.90 Å². The molecule has 0 radical (unpaired) electrons. The third-order valence-electron chi connectivity index (χ3n) is 2.30. The maximum absolute atomic E-state index is 12.2. The molecule has 1 amide bonds. The molecule has 1 rings (SSSR count). The number of carbonyl (C=O) groups is 1. The van der Waals surface area contributed by atoms with E-state index in [4.69, 9.17) is 0 Å². The fourth-order valence-electron chi connectivity index (χ4n) is 1.50. The molecule has 3 nitrogen and oxygen atoms in total. The molecule has 4 heteroatoms. The first-order chi connectivity index (χ1) is 7.41. The van der Waals surface area contributed by atoms with Crippen LogP contribution in [0.25, 0.3) is 0 Å². The molecule has 1 aromatic rings. The molecular formula is C12H19NO2S. The Morgan fingerprint density at radius 3 is 2.44 bits per heavy atom. The van der Waals surface area contributed by atoms with Crippen LogP contribution in [0, 0.1) is 6.92 Å². The van der Waals surface area contributed by atoms with Gasteiger partial charge in [0, 0.05) is 17.5 Å². The smallest absolute Gasteiger partial charge is 0.264 e. The van der Waals surface area contributed by atoms with Crippen molar-refractivity contribution in [2.45, 2.75) is 39.8 Å². The Labute approximate surface area is 101 Å². The predicted molar refractivity (Wildman–Crippen MR) is 66.9 cm³/mol. The van der Waals surface area contributed by atoms with Gasteiger partial charge in [-0.15, -0.1) is 11.3 Å². The van der Waals surface area contributed by atoms with Crippen LogP contribution in [0.5, 0.6) is 0 Å². The predicted octanol–water partition coefficient (Wildman–Crippen LogP) is 2.29. The molecule has 1 heterocycles. The van der Waals surface area contributed by atoms with Gasteiger partial charge in [0.1, 0.15) is 0 Å². The number of aryl methyl sites for hydroxylation is 1. The molecule has 1 aromatic heterocycles. The minimum Gasteiger partial charge on any atom is -0.392 e. The minimum absolute atomic E-state index is 0.00833. The highest BCUT2D eigenvalue weighted by molar-refractivity contribution is 7.13. The number of amides is 1. The summed E-state index contributed by atoms with van der Waals surface area (Å²) in [6, 6.07) is 3.89. The lowest BCUT2D eigenvalue weighted by atomic mass is 10.2. The number of aliphatic hydroxyl groups excluding tert-OH is 1. The highest BCUT2D eigenvalue weighted by atomic mass is 32.1. The van der Waals surface area contributed by atoms with Gasteiger partial charge in [0.05, 0.1) is 11.0 Å². The first-order valence-corrected chi connectivity index (χ1v) is 6.29. The highest BCUT2D eigenvalue weighted by Gasteiger charge is 2.21. The summed E-state index contributed by atoms with van der Waals surface area (Å²) in [6.45, 7) is 7.98. The van der Waals surface area contributed by atoms with E-state index >= 15 is 0 Å². The molecule has 90 valence electrons. The second-order valence-corrected chi connectivity index (χ2v) is 5.60. The van der Waals surface area contributed by atoms with E-state index in [-0.39, 0.29) is 11.9 Å². The lowest BCUT2D eigenvalue weighted by molar-refractivity contribution is 0.0583. The maximum atomic E-state index is 12.2. The molecule has 0 saturated carbocycles. The van der Waals surface area contributed by atoms with E-state index < -0.39 is 6.10 Å². The lowest BCUT2D eigenvalue weighted by Crippen LogP contribution is -2.41. The summed E-state index contributed by atoms with van der Waals surface area (Å²) in [6.07, 6.45) is -0.493. The van der Waals surface area contributed by atoms with Gasteiger partial charge in [0.25, 0.3) is 5.91 Å². The van der Waals surface area contributed by atoms with Gasteiger partial charge in [0.2, 0.25) is 0 Å². The Morgan fingerprint density at radius 1 is 1.44 bits per heavy atom. The third kappa shape index (κ3) is 3.32. The standard InChI is InChI=1S/C12H19NO2S/c1-8(2)13(7-9(3)14)12(15)11-6-5-10(4)16-11/h5-6,8-9,14H,7H2,1-4H3. The Morgan fingerprint density at radius 2 is 2.06 bits per heavy atom. The van der Waals surface area contributed by atoms with Crippen molar-refractivity contribution in [2.24, 2.45) is 0 Å². The number of carbonyl (C=O) groups excluding carboxylic acids is 1. The van der Waals surface area contributed by atoms with Crippen molar-refractivity contribution in [3.05, 3.63) is 21.9 Å². The van der Waals surface area contributed by atoms with Crippen LogP contribution in [0.3, 0.4) is 0 Å². The summed E-state index contributed by atoms with van der Waals surface area (Å²) >= 11 is 1.50. The Hall–Kier alpha value is -0.870. The first kappa shape index (κ1) is 13.2. The normalized spacial score (nSPS) is 12.9. The van der Waals surface area contributed by atoms with E-state index in [1.54, 1.807) is 11.8 Å². The van der Waals surface area contributed by atoms with Crippen molar-refractivity contribution in [3.8, 4) is 0 Å². The Kier molecular flexibility index (Phi) is 4.50. The first-order valence-electron chi connectivity index (χ1n) is 5.47. The second kappa shape index (κ2) is 5.46. The van der Waals surface area contributed by atoms with E-state index in [1.165, 1.54) is 11.3 Å². The molecule has 0 aliphatic heterocycles. The van der Waals surface area contributed by atoms with Gasteiger partial charge in [-0.3, -0.25) is 4.79 Å². The SMILES string of the molecule is Cc1ccc(C(=O)N(CC(C)O)C(C)C)s1. The van der Waals surface area contributed by atoms with E-state index in [0.717, 1.165) is 9.75 Å². The van der Waals surface area contributed by atoms with Crippen LogP contribution in [0.4, 0.5) is 0 Å². The van der Waals surface area contributed by atoms with Crippen LogP contribution < -0.4 is 0 Å². The zero-order chi connectivity index (χ0) is 12.3. The maximum Gasteiger partial charge on any atom is 0.264 e. The van der Waals surface area contributed by atoms with Gasteiger partial charge >= 0.3 is 0 Å². The van der Waals surface area contributed by atoms with Gasteiger partial charge in [-0.1, -0.05) is 0 Å². The van der Waals surface area contributed by atoms with Crippen molar-refractivity contribution < 1.29 is 9.90 Å². The lowest BCUT2D eigenvalue weighted by Gasteiger charge is -2.27. The van der Waals surface area contributed by atoms with E-state index in [1.807, 2.05) is 32.9 Å². The zero-order valence-corrected chi connectivity index (χ0v) is 11.0. The molecule has 0 aliphatic rings. The van der Waals surface area contributed by atoms with Crippen molar-refractivity contribution in [1.29, 1.82) is 0 Å². The van der Waals surface area contributed by atoms with Crippen LogP contribution in [0.1, 0.15) is 35.3 Å². The molecule has 1 N–H and O–H groups in total. The number of nitrogens with zero attached hydrogens (tertiary/aromatic N) is 1. The van der Waals surface area contributed by atoms with Gasteiger partial charge < -0.3 is 10.0 Å². The summed E-state index contributed by atoms with van der Waals surface area (Å²) < 4.78 is 0. The molecule has 0 aliphatic carbocycles. The number of hydrogen-bond donors (Lipinski definition) is 1. The number of thiophene rings is 1. The number of rotatable bonds is 4. The molecule has 1 atom stereocenters. The summed E-state index contributed by atoms with van der Waals surface area (Å²) in [5.74, 6) is 0.00833.